The van der Waals surface area contributed by atoms with E-state index < -0.39 is 0 Å². The Kier molecular flexibility index (Phi) is 4.01. The van der Waals surface area contributed by atoms with Crippen LogP contribution in [-0.2, 0) is 0 Å². The monoisotopic (exact) mass is 274 g/mol. The van der Waals surface area contributed by atoms with Crippen molar-refractivity contribution in [2.24, 2.45) is 15.2 Å². The number of benzene rings is 1. The Balaban J connectivity index is 2.24. The zero-order valence-electron chi connectivity index (χ0n) is 10.8. The van der Waals surface area contributed by atoms with Crippen LogP contribution in [0.3, 0.4) is 0 Å². The van der Waals surface area contributed by atoms with Gasteiger partial charge >= 0.3 is 0 Å². The van der Waals surface area contributed by atoms with E-state index in [2.05, 4.69) is 27.1 Å². The lowest BCUT2D eigenvalue weighted by Crippen LogP contribution is -2.18. The lowest BCUT2D eigenvalue weighted by atomic mass is 10.2. The van der Waals surface area contributed by atoms with Gasteiger partial charge in [-0.2, -0.15) is 4.99 Å². The molecule has 0 aliphatic carbocycles. The summed E-state index contributed by atoms with van der Waals surface area (Å²) >= 11 is 4.89. The molecule has 0 aromatic heterocycles. The largest absolute Gasteiger partial charge is 0.489 e. The first kappa shape index (κ1) is 13.4. The number of para-hydroxylation sites is 2. The fourth-order valence-electron chi connectivity index (χ4n) is 1.49. The van der Waals surface area contributed by atoms with E-state index in [0.717, 1.165) is 11.4 Å². The molecule has 6 heteroatoms. The molecule has 0 fully saturated rings. The second-order valence-electron chi connectivity index (χ2n) is 4.18. The molecule has 98 valence electrons. The third kappa shape index (κ3) is 3.45. The van der Waals surface area contributed by atoms with E-state index in [1.165, 1.54) is 0 Å². The molecule has 1 aliphatic heterocycles. The van der Waals surface area contributed by atoms with Crippen LogP contribution in [0.2, 0.25) is 0 Å². The Labute approximate surface area is 117 Å². The third-order valence-electron chi connectivity index (χ3n) is 2.24. The maximum Gasteiger partial charge on any atom is 0.241 e. The number of aliphatic imine (C=N–C) groups is 1. The van der Waals surface area contributed by atoms with Gasteiger partial charge in [-0.15, -0.1) is 10.2 Å². The highest BCUT2D eigenvalue weighted by Gasteiger charge is 2.13. The van der Waals surface area contributed by atoms with Gasteiger partial charge in [0, 0.05) is 0 Å². The normalized spacial score (nSPS) is 14.6. The van der Waals surface area contributed by atoms with Gasteiger partial charge in [0.1, 0.15) is 11.4 Å². The molecule has 1 aliphatic rings. The van der Waals surface area contributed by atoms with Gasteiger partial charge < -0.3 is 10.1 Å². The number of nitrogens with zero attached hydrogens (tertiary/aromatic N) is 3. The van der Waals surface area contributed by atoms with Gasteiger partial charge in [0.25, 0.3) is 0 Å². The maximum atomic E-state index is 5.71. The first-order chi connectivity index (χ1) is 9.06. The molecule has 0 unspecified atom stereocenters. The van der Waals surface area contributed by atoms with E-state index in [0.29, 0.717) is 11.5 Å². The van der Waals surface area contributed by atoms with Crippen LogP contribution in [0, 0.1) is 0 Å². The standard InChI is InChI=1S/C13H14N4OS/c1-8(2)18-11-7-5-4-6-10(11)14-12-9(3)16-17-13(19)15-12/h4-8H,3H2,1-2H3,(H,14,15,19). The zero-order chi connectivity index (χ0) is 13.8. The summed E-state index contributed by atoms with van der Waals surface area (Å²) in [6.07, 6.45) is 0.0835. The maximum absolute atomic E-state index is 5.71. The highest BCUT2D eigenvalue weighted by molar-refractivity contribution is 7.80. The van der Waals surface area contributed by atoms with E-state index >= 15 is 0 Å². The molecule has 2 rings (SSSR count). The molecule has 1 heterocycles. The van der Waals surface area contributed by atoms with Crippen molar-refractivity contribution < 1.29 is 4.74 Å². The molecule has 0 amide bonds. The number of ether oxygens (including phenoxy) is 1. The summed E-state index contributed by atoms with van der Waals surface area (Å²) in [4.78, 5) is 4.10. The minimum absolute atomic E-state index is 0.0835. The molecular weight excluding hydrogens is 260 g/mol. The van der Waals surface area contributed by atoms with Crippen molar-refractivity contribution >= 4 is 28.9 Å². The van der Waals surface area contributed by atoms with Crippen molar-refractivity contribution in [2.75, 3.05) is 5.32 Å². The van der Waals surface area contributed by atoms with Gasteiger partial charge in [0.15, 0.2) is 5.84 Å². The predicted octanol–water partition coefficient (Wildman–Crippen LogP) is 3.55. The Morgan fingerprint density at radius 2 is 2.00 bits per heavy atom. The van der Waals surface area contributed by atoms with Crippen molar-refractivity contribution in [2.45, 2.75) is 20.0 Å². The van der Waals surface area contributed by atoms with Gasteiger partial charge in [0.05, 0.1) is 11.8 Å². The number of amidine groups is 1. The summed E-state index contributed by atoms with van der Waals surface area (Å²) in [7, 11) is 0. The van der Waals surface area contributed by atoms with E-state index in [1.54, 1.807) is 0 Å². The molecule has 19 heavy (non-hydrogen) atoms. The second-order valence-corrected chi connectivity index (χ2v) is 4.54. The molecule has 0 saturated carbocycles. The Morgan fingerprint density at radius 3 is 2.74 bits per heavy atom. The number of thiocarbonyl (C=S) groups is 1. The highest BCUT2D eigenvalue weighted by atomic mass is 32.1. The van der Waals surface area contributed by atoms with E-state index in [4.69, 9.17) is 17.0 Å². The molecule has 0 atom stereocenters. The van der Waals surface area contributed by atoms with Crippen LogP contribution in [0.1, 0.15) is 13.8 Å². The summed E-state index contributed by atoms with van der Waals surface area (Å²) in [5.41, 5.74) is 1.23. The van der Waals surface area contributed by atoms with Crippen molar-refractivity contribution in [3.05, 3.63) is 36.5 Å². The predicted molar refractivity (Wildman–Crippen MR) is 79.9 cm³/mol. The number of hydrogen-bond donors (Lipinski definition) is 1. The summed E-state index contributed by atoms with van der Waals surface area (Å²) < 4.78 is 5.71. The minimum atomic E-state index is 0.0835. The van der Waals surface area contributed by atoms with Crippen LogP contribution in [0.4, 0.5) is 5.69 Å². The number of anilines is 1. The van der Waals surface area contributed by atoms with Crippen LogP contribution in [0.25, 0.3) is 0 Å². The zero-order valence-corrected chi connectivity index (χ0v) is 11.6. The van der Waals surface area contributed by atoms with E-state index in [1.807, 2.05) is 38.1 Å². The summed E-state index contributed by atoms with van der Waals surface area (Å²) in [5.74, 6) is 1.22. The Morgan fingerprint density at radius 1 is 1.26 bits per heavy atom. The quantitative estimate of drug-likeness (QED) is 0.857. The highest BCUT2D eigenvalue weighted by Crippen LogP contribution is 2.26. The summed E-state index contributed by atoms with van der Waals surface area (Å²) in [6, 6.07) is 7.59. The first-order valence-corrected chi connectivity index (χ1v) is 6.23. The molecule has 0 spiro atoms. The molecular formula is C13H14N4OS. The van der Waals surface area contributed by atoms with Gasteiger partial charge in [-0.1, -0.05) is 18.7 Å². The lowest BCUT2D eigenvalue weighted by Gasteiger charge is -2.16. The molecule has 0 radical (unpaired) electrons. The van der Waals surface area contributed by atoms with Gasteiger partial charge in [0.2, 0.25) is 5.11 Å². The fourth-order valence-corrected chi connectivity index (χ4v) is 1.62. The smallest absolute Gasteiger partial charge is 0.241 e. The van der Waals surface area contributed by atoms with E-state index in [9.17, 15) is 0 Å². The van der Waals surface area contributed by atoms with Crippen LogP contribution in [-0.4, -0.2) is 17.1 Å². The van der Waals surface area contributed by atoms with Crippen LogP contribution in [0.5, 0.6) is 5.75 Å². The van der Waals surface area contributed by atoms with Crippen LogP contribution in [0.15, 0.2) is 51.8 Å². The van der Waals surface area contributed by atoms with Crippen molar-refractivity contribution in [3.8, 4) is 5.75 Å². The molecule has 1 aromatic carbocycles. The number of rotatable bonds is 3. The second kappa shape index (κ2) is 5.71. The molecule has 1 aromatic rings. The molecule has 0 bridgehead atoms. The SMILES string of the molecule is C=C1N=NC(=S)N=C1Nc1ccccc1OC(C)C. The molecule has 5 nitrogen and oxygen atoms in total. The van der Waals surface area contributed by atoms with Gasteiger partial charge in [-0.05, 0) is 38.2 Å². The van der Waals surface area contributed by atoms with Gasteiger partial charge in [-0.3, -0.25) is 0 Å². The Hall–Kier alpha value is -2.08. The summed E-state index contributed by atoms with van der Waals surface area (Å²) in [5, 5.41) is 10.8. The average molecular weight is 274 g/mol. The van der Waals surface area contributed by atoms with Crippen molar-refractivity contribution in [1.29, 1.82) is 0 Å². The fraction of sp³-hybridized carbons (Fsp3) is 0.231. The summed E-state index contributed by atoms with van der Waals surface area (Å²) in [6.45, 7) is 7.70. The van der Waals surface area contributed by atoms with E-state index in [-0.39, 0.29) is 11.2 Å². The number of nitrogens with one attached hydrogen (secondary N) is 1. The molecule has 0 saturated heterocycles. The number of azo groups is 1. The lowest BCUT2D eigenvalue weighted by molar-refractivity contribution is 0.244. The average Bonchev–Trinajstić information content (AvgIpc) is 2.35. The molecule has 1 N–H and O–H groups in total. The van der Waals surface area contributed by atoms with Crippen molar-refractivity contribution in [1.82, 2.24) is 0 Å². The topological polar surface area (TPSA) is 58.3 Å². The Bertz CT molecular complexity index is 578. The van der Waals surface area contributed by atoms with Crippen LogP contribution < -0.4 is 10.1 Å². The third-order valence-corrected chi connectivity index (χ3v) is 2.41. The number of hydrogen-bond acceptors (Lipinski definition) is 4. The minimum Gasteiger partial charge on any atom is -0.489 e. The van der Waals surface area contributed by atoms with Crippen LogP contribution >= 0.6 is 12.2 Å². The first-order valence-electron chi connectivity index (χ1n) is 5.82. The van der Waals surface area contributed by atoms with Crippen molar-refractivity contribution in [3.63, 3.8) is 0 Å². The van der Waals surface area contributed by atoms with Gasteiger partial charge in [-0.25, -0.2) is 0 Å².